The van der Waals surface area contributed by atoms with Crippen LogP contribution in [-0.2, 0) is 14.2 Å². The number of ether oxygens (including phenoxy) is 3. The average molecular weight is 527 g/mol. The molecule has 0 N–H and O–H groups in total. The van der Waals surface area contributed by atoms with Crippen LogP contribution in [0.15, 0.2) is 24.3 Å². The first-order chi connectivity index (χ1) is 16.0. The Kier molecular flexibility index (Phi) is 18.9. The quantitative estimate of drug-likeness (QED) is 0.244. The van der Waals surface area contributed by atoms with Crippen molar-refractivity contribution in [1.29, 1.82) is 0 Å². The van der Waals surface area contributed by atoms with E-state index in [-0.39, 0.29) is 16.8 Å². The standard InChI is InChI=1S/C12H26O.C12H22.C10H22O2/c1-10(11(2,3)4)8-9-13-12(5,6)7;1-11(2,3)9-7-8-10-12(4,5)6;1-9(2,3)11-7-8-12-10(4,5)6/h10H,8-9H2,1-7H3;7-10H,1-6H3;7-8H2,1-6H3/b;9-7-,10-8-;. The molecular weight excluding hydrogens is 456 g/mol. The van der Waals surface area contributed by atoms with Gasteiger partial charge in [-0.1, -0.05) is 93.5 Å². The molecule has 0 saturated carbocycles. The normalized spacial score (nSPS) is 14.8. The smallest absolute Gasteiger partial charge is 0.0707 e. The number of hydrogen-bond acceptors (Lipinski definition) is 3. The fraction of sp³-hybridized carbons (Fsp3) is 0.882. The van der Waals surface area contributed by atoms with Crippen molar-refractivity contribution < 1.29 is 14.2 Å². The summed E-state index contributed by atoms with van der Waals surface area (Å²) in [6.07, 6.45) is 9.85. The Morgan fingerprint density at radius 2 is 0.730 bits per heavy atom. The molecule has 0 aromatic carbocycles. The fourth-order valence-corrected chi connectivity index (χ4v) is 2.36. The van der Waals surface area contributed by atoms with Crippen LogP contribution in [0.1, 0.15) is 138 Å². The van der Waals surface area contributed by atoms with E-state index < -0.39 is 0 Å². The Balaban J connectivity index is -0.000000469. The molecule has 0 heterocycles. The lowest BCUT2D eigenvalue weighted by Crippen LogP contribution is -2.26. The van der Waals surface area contributed by atoms with Gasteiger partial charge in [0, 0.05) is 6.61 Å². The molecule has 0 aromatic heterocycles. The summed E-state index contributed by atoms with van der Waals surface area (Å²) < 4.78 is 16.7. The third-order valence-electron chi connectivity index (χ3n) is 5.02. The Bertz CT molecular complexity index is 562. The van der Waals surface area contributed by atoms with Crippen molar-refractivity contribution in [3.8, 4) is 0 Å². The fourth-order valence-electron chi connectivity index (χ4n) is 2.36. The lowest BCUT2D eigenvalue weighted by atomic mass is 9.80. The van der Waals surface area contributed by atoms with Crippen LogP contribution in [0.2, 0.25) is 0 Å². The molecule has 0 spiro atoms. The highest BCUT2D eigenvalue weighted by Gasteiger charge is 2.20. The first-order valence-corrected chi connectivity index (χ1v) is 14.3. The van der Waals surface area contributed by atoms with Gasteiger partial charge in [-0.15, -0.1) is 0 Å². The van der Waals surface area contributed by atoms with Gasteiger partial charge >= 0.3 is 0 Å². The molecule has 3 heteroatoms. The van der Waals surface area contributed by atoms with Gasteiger partial charge in [-0.2, -0.15) is 0 Å². The van der Waals surface area contributed by atoms with Crippen LogP contribution < -0.4 is 0 Å². The molecule has 224 valence electrons. The van der Waals surface area contributed by atoms with E-state index >= 15 is 0 Å². The molecule has 0 aliphatic heterocycles. The molecule has 37 heavy (non-hydrogen) atoms. The van der Waals surface area contributed by atoms with Gasteiger partial charge in [-0.3, -0.25) is 0 Å². The van der Waals surface area contributed by atoms with E-state index in [0.29, 0.717) is 29.5 Å². The topological polar surface area (TPSA) is 27.7 Å². The summed E-state index contributed by atoms with van der Waals surface area (Å²) in [5.41, 5.74) is 0.895. The Morgan fingerprint density at radius 1 is 0.459 bits per heavy atom. The minimum absolute atomic E-state index is 0.0115. The van der Waals surface area contributed by atoms with Crippen LogP contribution >= 0.6 is 0 Å². The molecule has 0 aromatic rings. The molecular formula is C34H70O3. The highest BCUT2D eigenvalue weighted by atomic mass is 16.5. The second kappa shape index (κ2) is 17.1. The minimum Gasteiger partial charge on any atom is -0.376 e. The third kappa shape index (κ3) is 42.7. The van der Waals surface area contributed by atoms with E-state index in [1.165, 1.54) is 0 Å². The molecule has 0 saturated heterocycles. The zero-order valence-electron chi connectivity index (χ0n) is 28.9. The van der Waals surface area contributed by atoms with E-state index in [1.807, 2.05) is 41.5 Å². The molecule has 0 fully saturated rings. The van der Waals surface area contributed by atoms with Crippen LogP contribution in [0.5, 0.6) is 0 Å². The summed E-state index contributed by atoms with van der Waals surface area (Å²) in [4.78, 5) is 0. The molecule has 0 bridgehead atoms. The van der Waals surface area contributed by atoms with Gasteiger partial charge in [0.15, 0.2) is 0 Å². The van der Waals surface area contributed by atoms with Crippen LogP contribution in [0, 0.1) is 22.2 Å². The van der Waals surface area contributed by atoms with Gasteiger partial charge in [0.1, 0.15) is 0 Å². The maximum absolute atomic E-state index is 5.70. The summed E-state index contributed by atoms with van der Waals surface area (Å²) in [6.45, 7) is 43.2. The second-order valence-corrected chi connectivity index (χ2v) is 16.4. The largest absolute Gasteiger partial charge is 0.376 e. The first kappa shape index (κ1) is 40.9. The number of allylic oxidation sites excluding steroid dienone is 4. The Morgan fingerprint density at radius 3 is 0.946 bits per heavy atom. The van der Waals surface area contributed by atoms with Crippen LogP contribution in [0.4, 0.5) is 0 Å². The predicted molar refractivity (Wildman–Crippen MR) is 168 cm³/mol. The lowest BCUT2D eigenvalue weighted by molar-refractivity contribution is -0.0719. The molecule has 3 nitrogen and oxygen atoms in total. The molecule has 0 rings (SSSR count). The van der Waals surface area contributed by atoms with Crippen molar-refractivity contribution in [2.45, 2.75) is 155 Å². The minimum atomic E-state index is -0.0543. The molecule has 0 radical (unpaired) electrons. The number of rotatable bonds is 7. The van der Waals surface area contributed by atoms with Crippen LogP contribution in [0.3, 0.4) is 0 Å². The summed E-state index contributed by atoms with van der Waals surface area (Å²) in [5.74, 6) is 0.717. The molecule has 1 atom stereocenters. The average Bonchev–Trinajstić information content (AvgIpc) is 2.59. The SMILES string of the molecule is CC(C)(C)/C=C\C=C/C(C)(C)C.CC(C)(C)OCCOC(C)(C)C.CC(CCOC(C)(C)C)C(C)(C)C. The van der Waals surface area contributed by atoms with E-state index in [4.69, 9.17) is 14.2 Å². The first-order valence-electron chi connectivity index (χ1n) is 14.3. The summed E-state index contributed by atoms with van der Waals surface area (Å²) in [5, 5.41) is 0. The van der Waals surface area contributed by atoms with Crippen molar-refractivity contribution in [1.82, 2.24) is 0 Å². The summed E-state index contributed by atoms with van der Waals surface area (Å²) >= 11 is 0. The van der Waals surface area contributed by atoms with Crippen molar-refractivity contribution in [3.05, 3.63) is 24.3 Å². The van der Waals surface area contributed by atoms with Gasteiger partial charge in [0.25, 0.3) is 0 Å². The lowest BCUT2D eigenvalue weighted by Gasteiger charge is -2.28. The highest BCUT2D eigenvalue weighted by molar-refractivity contribution is 5.08. The van der Waals surface area contributed by atoms with Crippen LogP contribution in [0.25, 0.3) is 0 Å². The van der Waals surface area contributed by atoms with Crippen molar-refractivity contribution in [3.63, 3.8) is 0 Å². The van der Waals surface area contributed by atoms with Gasteiger partial charge < -0.3 is 14.2 Å². The number of hydrogen-bond donors (Lipinski definition) is 0. The molecule has 1 unspecified atom stereocenters. The van der Waals surface area contributed by atoms with Gasteiger partial charge in [0.05, 0.1) is 30.0 Å². The van der Waals surface area contributed by atoms with E-state index in [1.54, 1.807) is 0 Å². The maximum Gasteiger partial charge on any atom is 0.0707 e. The monoisotopic (exact) mass is 527 g/mol. The molecule has 0 amide bonds. The third-order valence-corrected chi connectivity index (χ3v) is 5.02. The maximum atomic E-state index is 5.70. The molecule has 0 aliphatic rings. The Labute approximate surface area is 235 Å². The highest BCUT2D eigenvalue weighted by Crippen LogP contribution is 2.28. The van der Waals surface area contributed by atoms with Crippen molar-refractivity contribution >= 4 is 0 Å². The zero-order chi connectivity index (χ0) is 30.4. The second-order valence-electron chi connectivity index (χ2n) is 16.4. The zero-order valence-corrected chi connectivity index (χ0v) is 28.9. The predicted octanol–water partition coefficient (Wildman–Crippen LogP) is 10.7. The Hall–Kier alpha value is -0.640. The van der Waals surface area contributed by atoms with E-state index in [0.717, 1.165) is 18.9 Å². The van der Waals surface area contributed by atoms with Crippen molar-refractivity contribution in [2.75, 3.05) is 19.8 Å². The molecule has 0 aliphatic carbocycles. The summed E-state index contributed by atoms with van der Waals surface area (Å²) in [7, 11) is 0. The summed E-state index contributed by atoms with van der Waals surface area (Å²) in [6, 6.07) is 0. The van der Waals surface area contributed by atoms with Gasteiger partial charge in [0.2, 0.25) is 0 Å². The van der Waals surface area contributed by atoms with E-state index in [2.05, 4.69) is 114 Å². The van der Waals surface area contributed by atoms with Gasteiger partial charge in [-0.05, 0) is 90.9 Å². The van der Waals surface area contributed by atoms with Crippen molar-refractivity contribution in [2.24, 2.45) is 22.2 Å². The van der Waals surface area contributed by atoms with Gasteiger partial charge in [-0.25, -0.2) is 0 Å². The van der Waals surface area contributed by atoms with E-state index in [9.17, 15) is 0 Å². The van der Waals surface area contributed by atoms with Crippen LogP contribution in [-0.4, -0.2) is 36.6 Å².